The van der Waals surface area contributed by atoms with Crippen LogP contribution in [0.15, 0.2) is 0 Å². The number of rotatable bonds is 3. The van der Waals surface area contributed by atoms with E-state index in [9.17, 15) is 4.79 Å². The number of hydrogen-bond donors (Lipinski definition) is 1. The lowest BCUT2D eigenvalue weighted by atomic mass is 10.2. The molecule has 1 rings (SSSR count). The molecule has 1 amide bonds. The standard InChI is InChI=1S/C9H17NO2S/c1-7(13)9(11)10(2)6-8-4-3-5-12-8/h7-8,13H,3-6H2,1-2H3. The maximum Gasteiger partial charge on any atom is 0.234 e. The first-order valence-corrected chi connectivity index (χ1v) is 5.17. The first-order valence-electron chi connectivity index (χ1n) is 4.66. The highest BCUT2D eigenvalue weighted by Crippen LogP contribution is 2.13. The third-order valence-electron chi connectivity index (χ3n) is 2.24. The number of carbonyl (C=O) groups is 1. The molecular formula is C9H17NO2S. The summed E-state index contributed by atoms with van der Waals surface area (Å²) >= 11 is 4.10. The minimum Gasteiger partial charge on any atom is -0.376 e. The summed E-state index contributed by atoms with van der Waals surface area (Å²) < 4.78 is 5.43. The summed E-state index contributed by atoms with van der Waals surface area (Å²) in [6.07, 6.45) is 2.42. The summed E-state index contributed by atoms with van der Waals surface area (Å²) in [5.41, 5.74) is 0. The van der Waals surface area contributed by atoms with Gasteiger partial charge in [-0.15, -0.1) is 0 Å². The smallest absolute Gasteiger partial charge is 0.234 e. The van der Waals surface area contributed by atoms with Crippen LogP contribution in [-0.2, 0) is 9.53 Å². The SMILES string of the molecule is CC(S)C(=O)N(C)CC1CCCO1. The van der Waals surface area contributed by atoms with Crippen molar-refractivity contribution in [2.24, 2.45) is 0 Å². The molecule has 1 aliphatic heterocycles. The van der Waals surface area contributed by atoms with Gasteiger partial charge in [-0.25, -0.2) is 0 Å². The van der Waals surface area contributed by atoms with Gasteiger partial charge in [-0.2, -0.15) is 12.6 Å². The van der Waals surface area contributed by atoms with Crippen LogP contribution in [0.2, 0.25) is 0 Å². The van der Waals surface area contributed by atoms with Gasteiger partial charge in [-0.3, -0.25) is 4.79 Å². The van der Waals surface area contributed by atoms with Crippen molar-refractivity contribution in [3.05, 3.63) is 0 Å². The zero-order chi connectivity index (χ0) is 9.84. The van der Waals surface area contributed by atoms with E-state index in [1.54, 1.807) is 18.9 Å². The van der Waals surface area contributed by atoms with E-state index < -0.39 is 0 Å². The molecule has 4 heteroatoms. The fraction of sp³-hybridized carbons (Fsp3) is 0.889. The number of ether oxygens (including phenoxy) is 1. The van der Waals surface area contributed by atoms with E-state index in [1.165, 1.54) is 0 Å². The molecule has 3 nitrogen and oxygen atoms in total. The molecule has 0 saturated carbocycles. The lowest BCUT2D eigenvalue weighted by Crippen LogP contribution is -2.37. The van der Waals surface area contributed by atoms with Gasteiger partial charge in [0, 0.05) is 20.2 Å². The van der Waals surface area contributed by atoms with Crippen LogP contribution < -0.4 is 0 Å². The number of nitrogens with zero attached hydrogens (tertiary/aromatic N) is 1. The maximum atomic E-state index is 11.4. The van der Waals surface area contributed by atoms with Gasteiger partial charge >= 0.3 is 0 Å². The summed E-state index contributed by atoms with van der Waals surface area (Å²) in [4.78, 5) is 13.1. The van der Waals surface area contributed by atoms with Crippen LogP contribution in [0.4, 0.5) is 0 Å². The predicted octanol–water partition coefficient (Wildman–Crippen LogP) is 0.942. The van der Waals surface area contributed by atoms with E-state index in [0.29, 0.717) is 6.54 Å². The van der Waals surface area contributed by atoms with Crippen LogP contribution in [-0.4, -0.2) is 42.4 Å². The second-order valence-corrected chi connectivity index (χ2v) is 4.30. The molecule has 0 spiro atoms. The fourth-order valence-electron chi connectivity index (χ4n) is 1.50. The van der Waals surface area contributed by atoms with Crippen LogP contribution in [0.5, 0.6) is 0 Å². The Morgan fingerprint density at radius 3 is 2.92 bits per heavy atom. The van der Waals surface area contributed by atoms with Crippen molar-refractivity contribution in [3.63, 3.8) is 0 Å². The van der Waals surface area contributed by atoms with Gasteiger partial charge < -0.3 is 9.64 Å². The molecule has 1 saturated heterocycles. The van der Waals surface area contributed by atoms with Crippen LogP contribution in [0.1, 0.15) is 19.8 Å². The molecule has 0 aromatic rings. The molecule has 0 bridgehead atoms. The highest BCUT2D eigenvalue weighted by molar-refractivity contribution is 7.81. The van der Waals surface area contributed by atoms with Gasteiger partial charge in [0.05, 0.1) is 11.4 Å². The molecule has 2 unspecified atom stereocenters. The van der Waals surface area contributed by atoms with Crippen molar-refractivity contribution >= 4 is 18.5 Å². The zero-order valence-corrected chi connectivity index (χ0v) is 9.09. The van der Waals surface area contributed by atoms with Gasteiger partial charge in [0.25, 0.3) is 0 Å². The maximum absolute atomic E-state index is 11.4. The largest absolute Gasteiger partial charge is 0.376 e. The first kappa shape index (κ1) is 10.9. The van der Waals surface area contributed by atoms with Crippen molar-refractivity contribution < 1.29 is 9.53 Å². The minimum absolute atomic E-state index is 0.0684. The molecule has 76 valence electrons. The van der Waals surface area contributed by atoms with Crippen LogP contribution in [0.25, 0.3) is 0 Å². The average molecular weight is 203 g/mol. The van der Waals surface area contributed by atoms with Crippen LogP contribution >= 0.6 is 12.6 Å². The van der Waals surface area contributed by atoms with Gasteiger partial charge in [0.2, 0.25) is 5.91 Å². The van der Waals surface area contributed by atoms with Crippen molar-refractivity contribution in [2.45, 2.75) is 31.1 Å². The number of hydrogen-bond acceptors (Lipinski definition) is 3. The molecular weight excluding hydrogens is 186 g/mol. The fourth-order valence-corrected chi connectivity index (χ4v) is 1.70. The Hall–Kier alpha value is -0.220. The monoisotopic (exact) mass is 203 g/mol. The van der Waals surface area contributed by atoms with E-state index in [4.69, 9.17) is 4.74 Å². The Kier molecular flexibility index (Phi) is 4.06. The average Bonchev–Trinajstić information content (AvgIpc) is 2.55. The second-order valence-electron chi connectivity index (χ2n) is 3.53. The summed E-state index contributed by atoms with van der Waals surface area (Å²) in [5, 5.41) is -0.216. The zero-order valence-electron chi connectivity index (χ0n) is 8.19. The molecule has 1 fully saturated rings. The van der Waals surface area contributed by atoms with Gasteiger partial charge in [-0.05, 0) is 19.8 Å². The molecule has 1 aliphatic rings. The minimum atomic E-state index is -0.216. The van der Waals surface area contributed by atoms with Gasteiger partial charge in [-0.1, -0.05) is 0 Å². The van der Waals surface area contributed by atoms with E-state index in [-0.39, 0.29) is 17.3 Å². The molecule has 0 aliphatic carbocycles. The van der Waals surface area contributed by atoms with E-state index in [1.807, 2.05) is 0 Å². The third kappa shape index (κ3) is 3.19. The lowest BCUT2D eigenvalue weighted by Gasteiger charge is -2.22. The number of amides is 1. The summed E-state index contributed by atoms with van der Waals surface area (Å²) in [7, 11) is 1.80. The van der Waals surface area contributed by atoms with Crippen molar-refractivity contribution in [1.82, 2.24) is 4.90 Å². The number of thiol groups is 1. The van der Waals surface area contributed by atoms with Gasteiger partial charge in [0.1, 0.15) is 0 Å². The predicted molar refractivity (Wildman–Crippen MR) is 55.1 cm³/mol. The number of carbonyl (C=O) groups excluding carboxylic acids is 1. The Morgan fingerprint density at radius 1 is 1.77 bits per heavy atom. The summed E-state index contributed by atoms with van der Waals surface area (Å²) in [6, 6.07) is 0. The highest BCUT2D eigenvalue weighted by Gasteiger charge is 2.21. The molecule has 0 aromatic carbocycles. The molecule has 0 N–H and O–H groups in total. The van der Waals surface area contributed by atoms with Crippen LogP contribution in [0.3, 0.4) is 0 Å². The van der Waals surface area contributed by atoms with Gasteiger partial charge in [0.15, 0.2) is 0 Å². The Balaban J connectivity index is 2.31. The van der Waals surface area contributed by atoms with E-state index >= 15 is 0 Å². The first-order chi connectivity index (χ1) is 6.11. The van der Waals surface area contributed by atoms with Crippen molar-refractivity contribution in [3.8, 4) is 0 Å². The molecule has 1 heterocycles. The van der Waals surface area contributed by atoms with Crippen molar-refractivity contribution in [2.75, 3.05) is 20.2 Å². The third-order valence-corrected chi connectivity index (χ3v) is 2.46. The molecule has 2 atom stereocenters. The topological polar surface area (TPSA) is 29.5 Å². The number of likely N-dealkylation sites (N-methyl/N-ethyl adjacent to an activating group) is 1. The van der Waals surface area contributed by atoms with E-state index in [0.717, 1.165) is 19.4 Å². The Morgan fingerprint density at radius 2 is 2.46 bits per heavy atom. The normalized spacial score (nSPS) is 24.4. The Bertz CT molecular complexity index is 178. The van der Waals surface area contributed by atoms with Crippen LogP contribution in [0, 0.1) is 0 Å². The summed E-state index contributed by atoms with van der Waals surface area (Å²) in [5.74, 6) is 0.0684. The Labute approximate surface area is 84.8 Å². The molecule has 0 radical (unpaired) electrons. The highest BCUT2D eigenvalue weighted by atomic mass is 32.1. The van der Waals surface area contributed by atoms with Crippen molar-refractivity contribution in [1.29, 1.82) is 0 Å². The summed E-state index contributed by atoms with van der Waals surface area (Å²) in [6.45, 7) is 3.32. The van der Waals surface area contributed by atoms with E-state index in [2.05, 4.69) is 12.6 Å². The lowest BCUT2D eigenvalue weighted by molar-refractivity contribution is -0.130. The molecule has 0 aromatic heterocycles. The molecule has 13 heavy (non-hydrogen) atoms. The quantitative estimate of drug-likeness (QED) is 0.692. The second kappa shape index (κ2) is 4.86.